The zero-order valence-electron chi connectivity index (χ0n) is 12.2. The molecule has 1 atom stereocenters. The molecule has 1 aliphatic rings. The Hall–Kier alpha value is -2.41. The first-order valence-electron chi connectivity index (χ1n) is 7.20. The SMILES string of the molecule is Fc1ccc(F)cc1.N[C@@H]1CCc2nc3cnc(F)cc3n2C1. The molecule has 4 nitrogen and oxygen atoms in total. The standard InChI is InChI=1S/C10H11FN4.C6H4F2/c11-9-3-8-7(4-13-9)14-10-2-1-6(12)5-15(8)10;7-5-1-2-6(8)4-3-5/h3-4,6H,1-2,5,12H2;1-4H/t6-;/m1./s1. The summed E-state index contributed by atoms with van der Waals surface area (Å²) in [6.45, 7) is 0.718. The zero-order valence-corrected chi connectivity index (χ0v) is 12.2. The fourth-order valence-electron chi connectivity index (χ4n) is 2.52. The van der Waals surface area contributed by atoms with Gasteiger partial charge in [-0.25, -0.2) is 18.7 Å². The summed E-state index contributed by atoms with van der Waals surface area (Å²) in [6.07, 6.45) is 3.28. The lowest BCUT2D eigenvalue weighted by Gasteiger charge is -2.20. The number of nitrogens with zero attached hydrogens (tertiary/aromatic N) is 3. The third kappa shape index (κ3) is 3.50. The van der Waals surface area contributed by atoms with Crippen molar-refractivity contribution in [3.63, 3.8) is 0 Å². The molecule has 0 amide bonds. The highest BCUT2D eigenvalue weighted by Crippen LogP contribution is 2.21. The van der Waals surface area contributed by atoms with E-state index in [1.165, 1.54) is 12.3 Å². The van der Waals surface area contributed by atoms with Crippen molar-refractivity contribution < 1.29 is 13.2 Å². The summed E-state index contributed by atoms with van der Waals surface area (Å²) in [5, 5.41) is 0. The fraction of sp³-hybridized carbons (Fsp3) is 0.250. The first-order valence-corrected chi connectivity index (χ1v) is 7.20. The highest BCUT2D eigenvalue weighted by molar-refractivity contribution is 5.75. The van der Waals surface area contributed by atoms with E-state index in [-0.39, 0.29) is 6.04 Å². The highest BCUT2D eigenvalue weighted by Gasteiger charge is 2.19. The number of nitrogens with two attached hydrogens (primary N) is 1. The number of hydrogen-bond acceptors (Lipinski definition) is 3. The van der Waals surface area contributed by atoms with Gasteiger partial charge in [-0.2, -0.15) is 4.39 Å². The van der Waals surface area contributed by atoms with Crippen LogP contribution >= 0.6 is 0 Å². The van der Waals surface area contributed by atoms with Crippen molar-refractivity contribution >= 4 is 11.0 Å². The number of hydrogen-bond donors (Lipinski definition) is 1. The molecule has 120 valence electrons. The van der Waals surface area contributed by atoms with Crippen molar-refractivity contribution in [3.05, 3.63) is 59.9 Å². The third-order valence-corrected chi connectivity index (χ3v) is 3.64. The second-order valence-corrected chi connectivity index (χ2v) is 5.37. The van der Waals surface area contributed by atoms with E-state index in [9.17, 15) is 13.2 Å². The van der Waals surface area contributed by atoms with Gasteiger partial charge in [-0.1, -0.05) is 0 Å². The topological polar surface area (TPSA) is 56.7 Å². The van der Waals surface area contributed by atoms with Crippen molar-refractivity contribution in [2.45, 2.75) is 25.4 Å². The van der Waals surface area contributed by atoms with Crippen molar-refractivity contribution in [2.75, 3.05) is 0 Å². The normalized spacial score (nSPS) is 16.6. The minimum Gasteiger partial charge on any atom is -0.326 e. The lowest BCUT2D eigenvalue weighted by atomic mass is 10.1. The Morgan fingerprint density at radius 2 is 1.74 bits per heavy atom. The maximum absolute atomic E-state index is 13.0. The Kier molecular flexibility index (Phi) is 4.29. The second kappa shape index (κ2) is 6.37. The molecule has 0 saturated carbocycles. The number of benzene rings is 1. The van der Waals surface area contributed by atoms with Crippen LogP contribution in [0.2, 0.25) is 0 Å². The van der Waals surface area contributed by atoms with Gasteiger partial charge in [0.1, 0.15) is 23.0 Å². The van der Waals surface area contributed by atoms with Crippen LogP contribution in [0, 0.1) is 17.6 Å². The summed E-state index contributed by atoms with van der Waals surface area (Å²) >= 11 is 0. The highest BCUT2D eigenvalue weighted by atomic mass is 19.1. The fourth-order valence-corrected chi connectivity index (χ4v) is 2.52. The van der Waals surface area contributed by atoms with Gasteiger partial charge in [0.05, 0.1) is 11.7 Å². The third-order valence-electron chi connectivity index (χ3n) is 3.64. The van der Waals surface area contributed by atoms with Crippen LogP contribution in [0.15, 0.2) is 36.5 Å². The Labute approximate surface area is 130 Å². The minimum atomic E-state index is -0.468. The van der Waals surface area contributed by atoms with Crippen molar-refractivity contribution in [2.24, 2.45) is 5.73 Å². The lowest BCUT2D eigenvalue weighted by Crippen LogP contribution is -2.31. The monoisotopic (exact) mass is 320 g/mol. The van der Waals surface area contributed by atoms with Crippen molar-refractivity contribution in [1.29, 1.82) is 0 Å². The van der Waals surface area contributed by atoms with E-state index in [0.717, 1.165) is 60.5 Å². The number of aromatic nitrogens is 3. The molecule has 1 aromatic carbocycles. The van der Waals surface area contributed by atoms with Gasteiger partial charge in [-0.3, -0.25) is 0 Å². The molecule has 3 aromatic rings. The number of aryl methyl sites for hydroxylation is 1. The van der Waals surface area contributed by atoms with E-state index >= 15 is 0 Å². The van der Waals surface area contributed by atoms with Crippen LogP contribution in [0.4, 0.5) is 13.2 Å². The second-order valence-electron chi connectivity index (χ2n) is 5.37. The average molecular weight is 320 g/mol. The van der Waals surface area contributed by atoms with E-state index in [1.54, 1.807) is 0 Å². The Morgan fingerprint density at radius 3 is 2.39 bits per heavy atom. The molecule has 23 heavy (non-hydrogen) atoms. The van der Waals surface area contributed by atoms with E-state index in [0.29, 0.717) is 0 Å². The van der Waals surface area contributed by atoms with E-state index in [2.05, 4.69) is 9.97 Å². The first-order chi connectivity index (χ1) is 11.0. The van der Waals surface area contributed by atoms with Gasteiger partial charge in [0.15, 0.2) is 0 Å². The molecule has 3 heterocycles. The summed E-state index contributed by atoms with van der Waals surface area (Å²) < 4.78 is 38.8. The first kappa shape index (κ1) is 15.5. The van der Waals surface area contributed by atoms with Gasteiger partial charge >= 0.3 is 0 Å². The summed E-state index contributed by atoms with van der Waals surface area (Å²) in [4.78, 5) is 8.00. The molecule has 0 saturated heterocycles. The number of pyridine rings is 1. The van der Waals surface area contributed by atoms with Crippen LogP contribution in [0.5, 0.6) is 0 Å². The van der Waals surface area contributed by atoms with Crippen LogP contribution in [0.3, 0.4) is 0 Å². The number of halogens is 3. The van der Waals surface area contributed by atoms with Gasteiger partial charge in [-0.05, 0) is 30.7 Å². The van der Waals surface area contributed by atoms with E-state index in [4.69, 9.17) is 5.73 Å². The van der Waals surface area contributed by atoms with Crippen LogP contribution in [0.1, 0.15) is 12.2 Å². The van der Waals surface area contributed by atoms with Crippen molar-refractivity contribution in [1.82, 2.24) is 14.5 Å². The minimum absolute atomic E-state index is 0.145. The Morgan fingerprint density at radius 1 is 1.09 bits per heavy atom. The van der Waals surface area contributed by atoms with Crippen LogP contribution in [0.25, 0.3) is 11.0 Å². The summed E-state index contributed by atoms with van der Waals surface area (Å²) in [5.74, 6) is -0.304. The molecule has 0 radical (unpaired) electrons. The molecule has 7 heteroatoms. The molecule has 0 aliphatic carbocycles. The molecule has 2 N–H and O–H groups in total. The maximum Gasteiger partial charge on any atom is 0.215 e. The molecule has 4 rings (SSSR count). The Balaban J connectivity index is 0.000000166. The van der Waals surface area contributed by atoms with Crippen molar-refractivity contribution in [3.8, 4) is 0 Å². The summed E-state index contributed by atoms with van der Waals surface area (Å²) in [6, 6.07) is 5.88. The largest absolute Gasteiger partial charge is 0.326 e. The molecule has 2 aromatic heterocycles. The summed E-state index contributed by atoms with van der Waals surface area (Å²) in [5.41, 5.74) is 7.43. The van der Waals surface area contributed by atoms with Gasteiger partial charge in [-0.15, -0.1) is 0 Å². The Bertz CT molecular complexity index is 793. The number of fused-ring (bicyclic) bond motifs is 3. The number of rotatable bonds is 0. The molecule has 0 bridgehead atoms. The van der Waals surface area contributed by atoms with Gasteiger partial charge in [0, 0.05) is 25.1 Å². The predicted octanol–water partition coefficient (Wildman–Crippen LogP) is 2.81. The van der Waals surface area contributed by atoms with Crippen LogP contribution in [-0.4, -0.2) is 20.6 Å². The maximum atomic E-state index is 13.0. The molecule has 0 fully saturated rings. The average Bonchev–Trinajstić information content (AvgIpc) is 2.88. The van der Waals surface area contributed by atoms with E-state index < -0.39 is 17.6 Å². The van der Waals surface area contributed by atoms with Crippen LogP contribution < -0.4 is 5.73 Å². The number of imidazole rings is 1. The van der Waals surface area contributed by atoms with E-state index in [1.807, 2.05) is 4.57 Å². The summed E-state index contributed by atoms with van der Waals surface area (Å²) in [7, 11) is 0. The van der Waals surface area contributed by atoms with Gasteiger partial charge < -0.3 is 10.3 Å². The van der Waals surface area contributed by atoms with Crippen LogP contribution in [-0.2, 0) is 13.0 Å². The predicted molar refractivity (Wildman–Crippen MR) is 80.1 cm³/mol. The molecule has 0 spiro atoms. The lowest BCUT2D eigenvalue weighted by molar-refractivity contribution is 0.461. The van der Waals surface area contributed by atoms with Gasteiger partial charge in [0.25, 0.3) is 0 Å². The molecular weight excluding hydrogens is 305 g/mol. The zero-order chi connectivity index (χ0) is 16.4. The molecule has 0 unspecified atom stereocenters. The molecule has 1 aliphatic heterocycles. The quantitative estimate of drug-likeness (QED) is 0.648. The van der Waals surface area contributed by atoms with Gasteiger partial charge in [0.2, 0.25) is 5.95 Å². The molecular formula is C16H15F3N4. The smallest absolute Gasteiger partial charge is 0.215 e.